The summed E-state index contributed by atoms with van der Waals surface area (Å²) < 4.78 is 40.2. The second-order valence-electron chi connectivity index (χ2n) is 5.37. The Morgan fingerprint density at radius 3 is 2.43 bits per heavy atom. The molecule has 1 N–H and O–H groups in total. The minimum atomic E-state index is -4.64. The maximum absolute atomic E-state index is 12.1. The van der Waals surface area contributed by atoms with Crippen LogP contribution in [0, 0.1) is 0 Å². The van der Waals surface area contributed by atoms with Crippen molar-refractivity contribution < 1.29 is 17.9 Å². The van der Waals surface area contributed by atoms with Crippen LogP contribution < -0.4 is 10.1 Å². The highest BCUT2D eigenvalue weighted by atomic mass is 32.2. The Labute approximate surface area is 127 Å². The fraction of sp³-hybridized carbons (Fsp3) is 0.600. The van der Waals surface area contributed by atoms with Crippen molar-refractivity contribution >= 4 is 11.8 Å². The first-order chi connectivity index (χ1) is 9.87. The molecule has 1 aromatic rings. The molecule has 2 nitrogen and oxygen atoms in total. The summed E-state index contributed by atoms with van der Waals surface area (Å²) in [6.45, 7) is 2.03. The molecule has 0 bridgehead atoms. The van der Waals surface area contributed by atoms with Crippen molar-refractivity contribution in [3.63, 3.8) is 0 Å². The molecule has 0 aliphatic heterocycles. The normalized spacial score (nSPS) is 24.0. The van der Waals surface area contributed by atoms with Crippen LogP contribution in [0.2, 0.25) is 0 Å². The molecule has 0 heterocycles. The highest BCUT2D eigenvalue weighted by molar-refractivity contribution is 7.99. The van der Waals surface area contributed by atoms with Gasteiger partial charge in [-0.2, -0.15) is 11.8 Å². The van der Waals surface area contributed by atoms with Crippen LogP contribution >= 0.6 is 11.8 Å². The van der Waals surface area contributed by atoms with E-state index in [1.807, 2.05) is 18.7 Å². The van der Waals surface area contributed by atoms with Gasteiger partial charge in [0.1, 0.15) is 5.75 Å². The Morgan fingerprint density at radius 2 is 1.90 bits per heavy atom. The van der Waals surface area contributed by atoms with Crippen molar-refractivity contribution in [1.29, 1.82) is 0 Å². The summed E-state index contributed by atoms with van der Waals surface area (Å²) in [4.78, 5) is 0. The van der Waals surface area contributed by atoms with E-state index < -0.39 is 6.36 Å². The van der Waals surface area contributed by atoms with E-state index in [4.69, 9.17) is 0 Å². The van der Waals surface area contributed by atoms with E-state index in [1.165, 1.54) is 18.6 Å². The summed E-state index contributed by atoms with van der Waals surface area (Å²) in [5.74, 6) is -0.179. The number of rotatable bonds is 5. The second kappa shape index (κ2) is 6.92. The molecule has 2 rings (SSSR count). The van der Waals surface area contributed by atoms with Gasteiger partial charge in [0.05, 0.1) is 0 Å². The van der Waals surface area contributed by atoms with E-state index in [0.717, 1.165) is 23.7 Å². The standard InChI is InChI=1S/C15H20F3NOS/c1-10(19-12-5-8-14(9-12)21-2)11-3-6-13(7-4-11)20-15(16,17)18/h3-4,6-7,10,12,14,19H,5,8-9H2,1-2H3. The first-order valence-corrected chi connectivity index (χ1v) is 8.30. The maximum Gasteiger partial charge on any atom is 0.573 e. The zero-order valence-electron chi connectivity index (χ0n) is 12.1. The van der Waals surface area contributed by atoms with E-state index in [9.17, 15) is 13.2 Å². The van der Waals surface area contributed by atoms with Gasteiger partial charge in [-0.05, 0) is 50.1 Å². The number of hydrogen-bond acceptors (Lipinski definition) is 3. The lowest BCUT2D eigenvalue weighted by Gasteiger charge is -2.20. The number of benzene rings is 1. The molecule has 0 saturated heterocycles. The number of halogens is 3. The molecule has 1 saturated carbocycles. The molecule has 0 amide bonds. The third kappa shape index (κ3) is 5.11. The van der Waals surface area contributed by atoms with Crippen LogP contribution in [-0.2, 0) is 0 Å². The van der Waals surface area contributed by atoms with Crippen LogP contribution in [0.15, 0.2) is 24.3 Å². The maximum atomic E-state index is 12.1. The van der Waals surface area contributed by atoms with Gasteiger partial charge in [0.25, 0.3) is 0 Å². The van der Waals surface area contributed by atoms with Gasteiger partial charge >= 0.3 is 6.36 Å². The lowest BCUT2D eigenvalue weighted by atomic mass is 10.1. The summed E-state index contributed by atoms with van der Waals surface area (Å²) in [7, 11) is 0. The van der Waals surface area contributed by atoms with Gasteiger partial charge < -0.3 is 10.1 Å². The smallest absolute Gasteiger partial charge is 0.406 e. The van der Waals surface area contributed by atoms with Crippen molar-refractivity contribution in [2.45, 2.75) is 49.9 Å². The van der Waals surface area contributed by atoms with E-state index in [-0.39, 0.29) is 11.8 Å². The van der Waals surface area contributed by atoms with Gasteiger partial charge in [-0.15, -0.1) is 13.2 Å². The number of nitrogens with one attached hydrogen (secondary N) is 1. The van der Waals surface area contributed by atoms with Crippen molar-refractivity contribution in [2.24, 2.45) is 0 Å². The zero-order valence-corrected chi connectivity index (χ0v) is 12.9. The molecule has 21 heavy (non-hydrogen) atoms. The highest BCUT2D eigenvalue weighted by Gasteiger charge is 2.31. The second-order valence-corrected chi connectivity index (χ2v) is 6.51. The molecule has 0 aromatic heterocycles. The number of alkyl halides is 3. The van der Waals surface area contributed by atoms with Crippen molar-refractivity contribution in [3.05, 3.63) is 29.8 Å². The molecular formula is C15H20F3NOS. The van der Waals surface area contributed by atoms with Crippen LogP contribution in [0.25, 0.3) is 0 Å². The third-order valence-corrected chi connectivity index (χ3v) is 4.91. The Balaban J connectivity index is 1.89. The van der Waals surface area contributed by atoms with Gasteiger partial charge in [-0.3, -0.25) is 0 Å². The van der Waals surface area contributed by atoms with Crippen molar-refractivity contribution in [3.8, 4) is 5.75 Å². The predicted octanol–water partition coefficient (Wildman–Crippen LogP) is 4.52. The molecule has 3 atom stereocenters. The minimum Gasteiger partial charge on any atom is -0.406 e. The molecule has 1 aliphatic rings. The van der Waals surface area contributed by atoms with Gasteiger partial charge in [0, 0.05) is 17.3 Å². The summed E-state index contributed by atoms with van der Waals surface area (Å²) in [6.07, 6.45) is 1.04. The number of hydrogen-bond donors (Lipinski definition) is 1. The Bertz CT molecular complexity index is 449. The number of thioether (sulfide) groups is 1. The zero-order chi connectivity index (χ0) is 15.5. The topological polar surface area (TPSA) is 21.3 Å². The fourth-order valence-corrected chi connectivity index (χ4v) is 3.51. The summed E-state index contributed by atoms with van der Waals surface area (Å²) >= 11 is 1.90. The monoisotopic (exact) mass is 319 g/mol. The van der Waals surface area contributed by atoms with E-state index in [0.29, 0.717) is 6.04 Å². The third-order valence-electron chi connectivity index (χ3n) is 3.82. The summed E-state index contributed by atoms with van der Waals surface area (Å²) in [5, 5.41) is 4.27. The SMILES string of the molecule is CSC1CCC(NC(C)c2ccc(OC(F)(F)F)cc2)C1. The summed E-state index contributed by atoms with van der Waals surface area (Å²) in [6, 6.07) is 6.69. The van der Waals surface area contributed by atoms with Crippen LogP contribution in [0.5, 0.6) is 5.75 Å². The predicted molar refractivity (Wildman–Crippen MR) is 79.6 cm³/mol. The fourth-order valence-electron chi connectivity index (χ4n) is 2.71. The minimum absolute atomic E-state index is 0.121. The molecule has 0 radical (unpaired) electrons. The van der Waals surface area contributed by atoms with Gasteiger partial charge in [-0.1, -0.05) is 12.1 Å². The Hall–Kier alpha value is -0.880. The average Bonchev–Trinajstić information content (AvgIpc) is 2.85. The first-order valence-electron chi connectivity index (χ1n) is 7.02. The lowest BCUT2D eigenvalue weighted by molar-refractivity contribution is -0.274. The lowest BCUT2D eigenvalue weighted by Crippen LogP contribution is -2.29. The van der Waals surface area contributed by atoms with E-state index in [1.54, 1.807) is 12.1 Å². The van der Waals surface area contributed by atoms with Crippen LogP contribution in [0.1, 0.15) is 37.8 Å². The molecule has 6 heteroatoms. The molecular weight excluding hydrogens is 299 g/mol. The first kappa shape index (κ1) is 16.5. The van der Waals surface area contributed by atoms with Crippen molar-refractivity contribution in [2.75, 3.05) is 6.26 Å². The molecule has 1 aliphatic carbocycles. The van der Waals surface area contributed by atoms with Crippen LogP contribution in [-0.4, -0.2) is 23.9 Å². The number of ether oxygens (including phenoxy) is 1. The van der Waals surface area contributed by atoms with Gasteiger partial charge in [0.15, 0.2) is 0 Å². The van der Waals surface area contributed by atoms with Crippen LogP contribution in [0.4, 0.5) is 13.2 Å². The quantitative estimate of drug-likeness (QED) is 0.862. The average molecular weight is 319 g/mol. The van der Waals surface area contributed by atoms with E-state index in [2.05, 4.69) is 16.3 Å². The molecule has 3 unspecified atom stereocenters. The Kier molecular flexibility index (Phi) is 5.43. The van der Waals surface area contributed by atoms with E-state index >= 15 is 0 Å². The largest absolute Gasteiger partial charge is 0.573 e. The summed E-state index contributed by atoms with van der Waals surface area (Å²) in [5.41, 5.74) is 0.970. The highest BCUT2D eigenvalue weighted by Crippen LogP contribution is 2.30. The van der Waals surface area contributed by atoms with Gasteiger partial charge in [0.2, 0.25) is 0 Å². The molecule has 1 aromatic carbocycles. The molecule has 118 valence electrons. The molecule has 0 spiro atoms. The Morgan fingerprint density at radius 1 is 1.24 bits per heavy atom. The van der Waals surface area contributed by atoms with Crippen LogP contribution in [0.3, 0.4) is 0 Å². The van der Waals surface area contributed by atoms with Gasteiger partial charge in [-0.25, -0.2) is 0 Å². The molecule has 1 fully saturated rings. The van der Waals surface area contributed by atoms with Crippen molar-refractivity contribution in [1.82, 2.24) is 5.32 Å².